The summed E-state index contributed by atoms with van der Waals surface area (Å²) in [5.41, 5.74) is 2.88. The molecule has 3 aliphatic rings. The molecule has 1 atom stereocenters. The third kappa shape index (κ3) is 4.30. The first kappa shape index (κ1) is 22.1. The number of benzene rings is 2. The number of aliphatic imine (C=N–C) groups is 1. The molecule has 6 rings (SSSR count). The maximum Gasteiger partial charge on any atom is 0.231 e. The molecule has 0 spiro atoms. The SMILES string of the molecule is COc1ccccc1N=C1Sc2nc3cc4c(cc3cc2CN1CC1CCCO1)OCO4.Cl. The van der Waals surface area contributed by atoms with Gasteiger partial charge in [0, 0.05) is 36.7 Å². The van der Waals surface area contributed by atoms with E-state index in [1.54, 1.807) is 18.9 Å². The van der Waals surface area contributed by atoms with Gasteiger partial charge in [0.2, 0.25) is 6.79 Å². The number of pyridine rings is 1. The van der Waals surface area contributed by atoms with Crippen molar-refractivity contribution in [3.05, 3.63) is 48.0 Å². The third-order valence-corrected chi connectivity index (χ3v) is 7.00. The lowest BCUT2D eigenvalue weighted by Crippen LogP contribution is -2.37. The van der Waals surface area contributed by atoms with Gasteiger partial charge in [0.15, 0.2) is 16.7 Å². The van der Waals surface area contributed by atoms with Gasteiger partial charge in [0.05, 0.1) is 18.7 Å². The average molecular weight is 486 g/mol. The Kier molecular flexibility index (Phi) is 6.23. The van der Waals surface area contributed by atoms with E-state index < -0.39 is 0 Å². The van der Waals surface area contributed by atoms with Crippen LogP contribution in [0.4, 0.5) is 5.69 Å². The number of hydrogen-bond donors (Lipinski definition) is 0. The number of methoxy groups -OCH3 is 1. The predicted molar refractivity (Wildman–Crippen MR) is 130 cm³/mol. The molecular weight excluding hydrogens is 462 g/mol. The number of fused-ring (bicyclic) bond motifs is 3. The minimum atomic E-state index is 0. The van der Waals surface area contributed by atoms with Gasteiger partial charge in [-0.1, -0.05) is 12.1 Å². The quantitative estimate of drug-likeness (QED) is 0.505. The van der Waals surface area contributed by atoms with Gasteiger partial charge in [-0.2, -0.15) is 0 Å². The number of amidine groups is 1. The first-order valence-corrected chi connectivity index (χ1v) is 11.6. The Balaban J connectivity index is 0.00000228. The van der Waals surface area contributed by atoms with Gasteiger partial charge >= 0.3 is 0 Å². The molecule has 0 radical (unpaired) electrons. The summed E-state index contributed by atoms with van der Waals surface area (Å²) in [5.74, 6) is 2.27. The highest BCUT2D eigenvalue weighted by Gasteiger charge is 2.29. The first-order valence-electron chi connectivity index (χ1n) is 10.8. The molecule has 3 aliphatic heterocycles. The second-order valence-electron chi connectivity index (χ2n) is 8.03. The number of hydrogen-bond acceptors (Lipinski definition) is 7. The summed E-state index contributed by atoms with van der Waals surface area (Å²) in [4.78, 5) is 12.2. The molecule has 0 bridgehead atoms. The molecule has 0 aliphatic carbocycles. The van der Waals surface area contributed by atoms with Crippen LogP contribution in [0, 0.1) is 0 Å². The topological polar surface area (TPSA) is 65.4 Å². The molecule has 2 aromatic carbocycles. The van der Waals surface area contributed by atoms with Crippen molar-refractivity contribution in [3.63, 3.8) is 0 Å². The minimum Gasteiger partial charge on any atom is -0.494 e. The lowest BCUT2D eigenvalue weighted by Gasteiger charge is -2.32. The molecule has 4 heterocycles. The van der Waals surface area contributed by atoms with Crippen molar-refractivity contribution < 1.29 is 18.9 Å². The number of halogens is 1. The van der Waals surface area contributed by atoms with Crippen LogP contribution in [0.15, 0.2) is 52.5 Å². The Labute approximate surface area is 202 Å². The zero-order valence-electron chi connectivity index (χ0n) is 18.2. The highest BCUT2D eigenvalue weighted by atomic mass is 35.5. The third-order valence-electron chi connectivity index (χ3n) is 5.92. The van der Waals surface area contributed by atoms with Crippen molar-refractivity contribution in [1.29, 1.82) is 0 Å². The number of rotatable bonds is 4. The summed E-state index contributed by atoms with van der Waals surface area (Å²) in [6.45, 7) is 2.62. The second kappa shape index (κ2) is 9.29. The molecule has 0 saturated carbocycles. The number of ether oxygens (including phenoxy) is 4. The largest absolute Gasteiger partial charge is 0.494 e. The molecule has 3 aromatic rings. The van der Waals surface area contributed by atoms with Crippen LogP contribution in [0.3, 0.4) is 0 Å². The molecule has 1 aromatic heterocycles. The highest BCUT2D eigenvalue weighted by Crippen LogP contribution is 2.40. The molecule has 0 N–H and O–H groups in total. The van der Waals surface area contributed by atoms with Gasteiger partial charge in [-0.25, -0.2) is 9.98 Å². The van der Waals surface area contributed by atoms with Crippen LogP contribution >= 0.6 is 24.2 Å². The van der Waals surface area contributed by atoms with Crippen molar-refractivity contribution in [2.45, 2.75) is 30.5 Å². The van der Waals surface area contributed by atoms with Crippen LogP contribution in [0.1, 0.15) is 18.4 Å². The summed E-state index contributed by atoms with van der Waals surface area (Å²) in [5, 5.41) is 2.93. The van der Waals surface area contributed by atoms with E-state index >= 15 is 0 Å². The van der Waals surface area contributed by atoms with E-state index in [9.17, 15) is 0 Å². The van der Waals surface area contributed by atoms with E-state index in [1.807, 2.05) is 36.4 Å². The molecule has 1 fully saturated rings. The predicted octanol–water partition coefficient (Wildman–Crippen LogP) is 5.17. The molecule has 172 valence electrons. The standard InChI is InChI=1S/C24H23N3O4S.ClH/c1-28-20-7-3-2-6-18(20)26-24-27(13-17-5-4-8-29-17)12-16-9-15-10-21-22(31-14-30-21)11-19(15)25-23(16)32-24;/h2-3,6-7,9-11,17H,4-5,8,12-14H2,1H3;1H. The van der Waals surface area contributed by atoms with Crippen LogP contribution in [0.5, 0.6) is 17.2 Å². The lowest BCUT2D eigenvalue weighted by molar-refractivity contribution is 0.0903. The van der Waals surface area contributed by atoms with E-state index in [-0.39, 0.29) is 25.3 Å². The van der Waals surface area contributed by atoms with Gasteiger partial charge < -0.3 is 23.8 Å². The summed E-state index contributed by atoms with van der Waals surface area (Å²) < 4.78 is 22.5. The smallest absolute Gasteiger partial charge is 0.231 e. The molecule has 1 unspecified atom stereocenters. The van der Waals surface area contributed by atoms with Gasteiger partial charge in [-0.15, -0.1) is 12.4 Å². The fourth-order valence-electron chi connectivity index (χ4n) is 4.31. The monoisotopic (exact) mass is 485 g/mol. The average Bonchev–Trinajstić information content (AvgIpc) is 3.48. The van der Waals surface area contributed by atoms with Crippen molar-refractivity contribution in [1.82, 2.24) is 9.88 Å². The van der Waals surface area contributed by atoms with Crippen molar-refractivity contribution in [2.75, 3.05) is 27.1 Å². The van der Waals surface area contributed by atoms with E-state index in [2.05, 4.69) is 11.0 Å². The van der Waals surface area contributed by atoms with Crippen LogP contribution in [-0.2, 0) is 11.3 Å². The molecule has 33 heavy (non-hydrogen) atoms. The van der Waals surface area contributed by atoms with Gasteiger partial charge in [0.25, 0.3) is 0 Å². The summed E-state index contributed by atoms with van der Waals surface area (Å²) >= 11 is 1.59. The Morgan fingerprint density at radius 1 is 1.18 bits per heavy atom. The zero-order chi connectivity index (χ0) is 21.5. The molecule has 9 heteroatoms. The zero-order valence-corrected chi connectivity index (χ0v) is 19.8. The van der Waals surface area contributed by atoms with Crippen molar-refractivity contribution >= 4 is 45.9 Å². The number of aromatic nitrogens is 1. The highest BCUT2D eigenvalue weighted by molar-refractivity contribution is 8.13. The fraction of sp³-hybridized carbons (Fsp3) is 0.333. The summed E-state index contributed by atoms with van der Waals surface area (Å²) in [6.07, 6.45) is 2.41. The van der Waals surface area contributed by atoms with Crippen LogP contribution in [-0.4, -0.2) is 48.2 Å². The van der Waals surface area contributed by atoms with Crippen molar-refractivity contribution in [3.8, 4) is 17.2 Å². The molecule has 7 nitrogen and oxygen atoms in total. The summed E-state index contributed by atoms with van der Waals surface area (Å²) in [7, 11) is 1.67. The van der Waals surface area contributed by atoms with E-state index in [0.29, 0.717) is 0 Å². The van der Waals surface area contributed by atoms with Crippen LogP contribution in [0.2, 0.25) is 0 Å². The Morgan fingerprint density at radius 2 is 2.03 bits per heavy atom. The number of nitrogens with zero attached hydrogens (tertiary/aromatic N) is 3. The summed E-state index contributed by atoms with van der Waals surface area (Å²) in [6, 6.07) is 14.0. The maximum absolute atomic E-state index is 5.93. The van der Waals surface area contributed by atoms with E-state index in [0.717, 1.165) is 76.6 Å². The number of para-hydroxylation sites is 2. The fourth-order valence-corrected chi connectivity index (χ4v) is 5.30. The van der Waals surface area contributed by atoms with E-state index in [4.69, 9.17) is 28.9 Å². The van der Waals surface area contributed by atoms with Gasteiger partial charge in [0.1, 0.15) is 16.5 Å². The van der Waals surface area contributed by atoms with E-state index in [1.165, 1.54) is 5.56 Å². The van der Waals surface area contributed by atoms with Gasteiger partial charge in [-0.3, -0.25) is 0 Å². The molecular formula is C24H24ClN3O4S. The van der Waals surface area contributed by atoms with Gasteiger partial charge in [-0.05, 0) is 48.9 Å². The maximum atomic E-state index is 5.93. The second-order valence-corrected chi connectivity index (χ2v) is 8.99. The van der Waals surface area contributed by atoms with Crippen LogP contribution in [0.25, 0.3) is 10.9 Å². The lowest BCUT2D eigenvalue weighted by atomic mass is 10.1. The Morgan fingerprint density at radius 3 is 2.85 bits per heavy atom. The van der Waals surface area contributed by atoms with Crippen molar-refractivity contribution in [2.24, 2.45) is 4.99 Å². The Bertz CT molecular complexity index is 1220. The molecule has 1 saturated heterocycles. The minimum absolute atomic E-state index is 0. The normalized spacial score (nSPS) is 20.1. The Hall–Kier alpha value is -2.68. The van der Waals surface area contributed by atoms with Crippen LogP contribution < -0.4 is 14.2 Å². The first-order chi connectivity index (χ1) is 15.8. The molecule has 0 amide bonds. The number of thioether (sulfide) groups is 1.